The van der Waals surface area contributed by atoms with E-state index in [1.54, 1.807) is 24.3 Å². The Morgan fingerprint density at radius 2 is 1.70 bits per heavy atom. The number of sulfonamides is 1. The van der Waals surface area contributed by atoms with Crippen molar-refractivity contribution in [2.45, 2.75) is 17.4 Å². The fourth-order valence-electron chi connectivity index (χ4n) is 1.90. The number of halogens is 2. The minimum atomic E-state index is -4.07. The van der Waals surface area contributed by atoms with Gasteiger partial charge in [0.15, 0.2) is 0 Å². The Bertz CT molecular complexity index is 791. The summed E-state index contributed by atoms with van der Waals surface area (Å²) in [4.78, 5) is 11.1. The summed E-state index contributed by atoms with van der Waals surface area (Å²) in [5.41, 5.74) is 0.614. The highest BCUT2D eigenvalue weighted by Crippen LogP contribution is 2.14. The van der Waals surface area contributed by atoms with Gasteiger partial charge in [0.1, 0.15) is 11.9 Å². The Morgan fingerprint density at radius 3 is 2.22 bits per heavy atom. The highest BCUT2D eigenvalue weighted by atomic mass is 35.5. The summed E-state index contributed by atoms with van der Waals surface area (Å²) in [6, 6.07) is 9.17. The molecule has 0 amide bonds. The van der Waals surface area contributed by atoms with Gasteiger partial charge in [-0.05, 0) is 48.4 Å². The third-order valence-electron chi connectivity index (χ3n) is 3.07. The molecule has 0 spiro atoms. The Kier molecular flexibility index (Phi) is 5.35. The standard InChI is InChI=1S/C15H13ClFNO4S/c16-11-3-1-10(2-4-11)9-14(15(19)20)18-23(21,22)13-7-5-12(17)6-8-13/h1-8,14,18H,9H2,(H,19,20). The molecule has 1 unspecified atom stereocenters. The molecule has 2 rings (SSSR count). The molecule has 0 bridgehead atoms. The predicted molar refractivity (Wildman–Crippen MR) is 83.3 cm³/mol. The first-order chi connectivity index (χ1) is 10.8. The molecule has 0 heterocycles. The van der Waals surface area contributed by atoms with Crippen LogP contribution in [0.25, 0.3) is 0 Å². The number of hydrogen-bond donors (Lipinski definition) is 2. The fraction of sp³-hybridized carbons (Fsp3) is 0.133. The van der Waals surface area contributed by atoms with Gasteiger partial charge in [-0.15, -0.1) is 0 Å². The van der Waals surface area contributed by atoms with Crippen LogP contribution in [0, 0.1) is 5.82 Å². The Labute approximate surface area is 137 Å². The number of carboxylic acid groups (broad SMARTS) is 1. The fourth-order valence-corrected chi connectivity index (χ4v) is 3.22. The smallest absolute Gasteiger partial charge is 0.322 e. The van der Waals surface area contributed by atoms with Gasteiger partial charge in [-0.1, -0.05) is 23.7 Å². The van der Waals surface area contributed by atoms with Crippen LogP contribution in [0.5, 0.6) is 0 Å². The van der Waals surface area contributed by atoms with Gasteiger partial charge < -0.3 is 5.11 Å². The van der Waals surface area contributed by atoms with Gasteiger partial charge >= 0.3 is 5.97 Å². The molecular formula is C15H13ClFNO4S. The summed E-state index contributed by atoms with van der Waals surface area (Å²) in [7, 11) is -4.07. The lowest BCUT2D eigenvalue weighted by Gasteiger charge is -2.15. The molecule has 0 aromatic heterocycles. The lowest BCUT2D eigenvalue weighted by molar-refractivity contribution is -0.138. The second-order valence-electron chi connectivity index (χ2n) is 4.80. The Morgan fingerprint density at radius 1 is 1.13 bits per heavy atom. The highest BCUT2D eigenvalue weighted by molar-refractivity contribution is 7.89. The van der Waals surface area contributed by atoms with Crippen LogP contribution in [0.2, 0.25) is 5.02 Å². The van der Waals surface area contributed by atoms with Crippen molar-refractivity contribution in [2.75, 3.05) is 0 Å². The number of rotatable bonds is 6. The largest absolute Gasteiger partial charge is 0.480 e. The molecule has 5 nitrogen and oxygen atoms in total. The first kappa shape index (κ1) is 17.4. The zero-order valence-corrected chi connectivity index (χ0v) is 13.3. The van der Waals surface area contributed by atoms with E-state index < -0.39 is 27.9 Å². The summed E-state index contributed by atoms with van der Waals surface area (Å²) in [5.74, 6) is -1.90. The molecule has 2 aromatic rings. The molecule has 0 fully saturated rings. The molecule has 122 valence electrons. The molecule has 0 saturated carbocycles. The van der Waals surface area contributed by atoms with E-state index in [9.17, 15) is 22.7 Å². The molecule has 0 saturated heterocycles. The van der Waals surface area contributed by atoms with E-state index in [0.717, 1.165) is 24.3 Å². The molecule has 0 aliphatic heterocycles. The van der Waals surface area contributed by atoms with Crippen LogP contribution in [0.3, 0.4) is 0 Å². The first-order valence-corrected chi connectivity index (χ1v) is 8.39. The van der Waals surface area contributed by atoms with Crippen LogP contribution >= 0.6 is 11.6 Å². The predicted octanol–water partition coefficient (Wildman–Crippen LogP) is 2.45. The zero-order chi connectivity index (χ0) is 17.0. The van der Waals surface area contributed by atoms with Crippen LogP contribution < -0.4 is 4.72 Å². The van der Waals surface area contributed by atoms with Crippen molar-refractivity contribution in [2.24, 2.45) is 0 Å². The van der Waals surface area contributed by atoms with E-state index in [-0.39, 0.29) is 11.3 Å². The van der Waals surface area contributed by atoms with E-state index in [1.165, 1.54) is 0 Å². The number of hydrogen-bond acceptors (Lipinski definition) is 3. The lowest BCUT2D eigenvalue weighted by Crippen LogP contribution is -2.42. The van der Waals surface area contributed by atoms with Gasteiger partial charge in [-0.3, -0.25) is 4.79 Å². The highest BCUT2D eigenvalue weighted by Gasteiger charge is 2.25. The van der Waals surface area contributed by atoms with E-state index in [2.05, 4.69) is 4.72 Å². The quantitative estimate of drug-likeness (QED) is 0.831. The first-order valence-electron chi connectivity index (χ1n) is 6.53. The average molecular weight is 358 g/mol. The Balaban J connectivity index is 2.20. The van der Waals surface area contributed by atoms with Crippen LogP contribution in [-0.4, -0.2) is 25.5 Å². The van der Waals surface area contributed by atoms with Crippen molar-refractivity contribution in [3.05, 3.63) is 64.9 Å². The van der Waals surface area contributed by atoms with Crippen molar-refractivity contribution < 1.29 is 22.7 Å². The summed E-state index contributed by atoms with van der Waals surface area (Å²) in [5, 5.41) is 9.72. The molecule has 8 heteroatoms. The van der Waals surface area contributed by atoms with Crippen molar-refractivity contribution >= 4 is 27.6 Å². The van der Waals surface area contributed by atoms with E-state index in [0.29, 0.717) is 10.6 Å². The van der Waals surface area contributed by atoms with Crippen LogP contribution in [-0.2, 0) is 21.2 Å². The number of benzene rings is 2. The minimum absolute atomic E-state index is 0.0487. The van der Waals surface area contributed by atoms with Gasteiger partial charge in [-0.25, -0.2) is 12.8 Å². The number of carbonyl (C=O) groups is 1. The summed E-state index contributed by atoms with van der Waals surface area (Å²) in [6.07, 6.45) is -0.0487. The van der Waals surface area contributed by atoms with Crippen molar-refractivity contribution in [1.82, 2.24) is 4.72 Å². The van der Waals surface area contributed by atoms with E-state index >= 15 is 0 Å². The van der Waals surface area contributed by atoms with Gasteiger partial charge in [0.2, 0.25) is 10.0 Å². The van der Waals surface area contributed by atoms with E-state index in [1.807, 2.05) is 0 Å². The molecule has 2 N–H and O–H groups in total. The summed E-state index contributed by atoms with van der Waals surface area (Å²) in [6.45, 7) is 0. The van der Waals surface area contributed by atoms with Gasteiger partial charge in [-0.2, -0.15) is 4.72 Å². The zero-order valence-electron chi connectivity index (χ0n) is 11.7. The van der Waals surface area contributed by atoms with Crippen LogP contribution in [0.4, 0.5) is 4.39 Å². The number of nitrogens with one attached hydrogen (secondary N) is 1. The second kappa shape index (κ2) is 7.08. The van der Waals surface area contributed by atoms with Crippen molar-refractivity contribution in [1.29, 1.82) is 0 Å². The van der Waals surface area contributed by atoms with E-state index in [4.69, 9.17) is 11.6 Å². The topological polar surface area (TPSA) is 83.5 Å². The number of aliphatic carboxylic acids is 1. The molecule has 23 heavy (non-hydrogen) atoms. The molecule has 0 aliphatic rings. The Hall–Kier alpha value is -1.96. The maximum absolute atomic E-state index is 12.9. The molecule has 0 aliphatic carbocycles. The third-order valence-corrected chi connectivity index (χ3v) is 4.81. The van der Waals surface area contributed by atoms with Crippen LogP contribution in [0.15, 0.2) is 53.4 Å². The lowest BCUT2D eigenvalue weighted by atomic mass is 10.1. The maximum atomic E-state index is 12.9. The van der Waals surface area contributed by atoms with Gasteiger partial charge in [0, 0.05) is 5.02 Å². The molecule has 1 atom stereocenters. The minimum Gasteiger partial charge on any atom is -0.480 e. The second-order valence-corrected chi connectivity index (χ2v) is 6.95. The number of carboxylic acids is 1. The van der Waals surface area contributed by atoms with Gasteiger partial charge in [0.25, 0.3) is 0 Å². The van der Waals surface area contributed by atoms with Crippen molar-refractivity contribution in [3.63, 3.8) is 0 Å². The van der Waals surface area contributed by atoms with Crippen molar-refractivity contribution in [3.8, 4) is 0 Å². The van der Waals surface area contributed by atoms with Gasteiger partial charge in [0.05, 0.1) is 4.90 Å². The maximum Gasteiger partial charge on any atom is 0.322 e. The normalized spacial score (nSPS) is 12.8. The average Bonchev–Trinajstić information content (AvgIpc) is 2.49. The van der Waals surface area contributed by atoms with Crippen LogP contribution in [0.1, 0.15) is 5.56 Å². The molecule has 0 radical (unpaired) electrons. The SMILES string of the molecule is O=C(O)C(Cc1ccc(Cl)cc1)NS(=O)(=O)c1ccc(F)cc1. The summed E-state index contributed by atoms with van der Waals surface area (Å²) >= 11 is 5.75. The third kappa shape index (κ3) is 4.75. The monoisotopic (exact) mass is 357 g/mol. The molecular weight excluding hydrogens is 345 g/mol. The summed E-state index contributed by atoms with van der Waals surface area (Å²) < 4.78 is 39.3. The molecule has 2 aromatic carbocycles.